The minimum Gasteiger partial charge on any atom is -0.205 e. The summed E-state index contributed by atoms with van der Waals surface area (Å²) >= 11 is 6.34. The molecule has 0 atom stereocenters. The van der Waals surface area contributed by atoms with Crippen molar-refractivity contribution in [3.8, 4) is 22.3 Å². The van der Waals surface area contributed by atoms with Crippen LogP contribution in [0, 0.1) is 5.82 Å². The Morgan fingerprint density at radius 1 is 0.704 bits per heavy atom. The molecular formula is C25H26ClF. The van der Waals surface area contributed by atoms with Gasteiger partial charge >= 0.3 is 0 Å². The van der Waals surface area contributed by atoms with Crippen molar-refractivity contribution in [1.82, 2.24) is 0 Å². The summed E-state index contributed by atoms with van der Waals surface area (Å²) in [6.45, 7) is 4.30. The van der Waals surface area contributed by atoms with Gasteiger partial charge < -0.3 is 0 Å². The van der Waals surface area contributed by atoms with Crippen molar-refractivity contribution in [2.45, 2.75) is 46.0 Å². The van der Waals surface area contributed by atoms with Gasteiger partial charge in [0.1, 0.15) is 5.82 Å². The summed E-state index contributed by atoms with van der Waals surface area (Å²) in [5, 5.41) is 0.222. The van der Waals surface area contributed by atoms with Crippen molar-refractivity contribution in [1.29, 1.82) is 0 Å². The maximum Gasteiger partial charge on any atom is 0.145 e. The summed E-state index contributed by atoms with van der Waals surface area (Å²) in [4.78, 5) is 0. The summed E-state index contributed by atoms with van der Waals surface area (Å²) in [5.41, 5.74) is 6.09. The van der Waals surface area contributed by atoms with E-state index in [9.17, 15) is 4.39 Å². The smallest absolute Gasteiger partial charge is 0.145 e. The van der Waals surface area contributed by atoms with E-state index in [1.165, 1.54) is 11.1 Å². The van der Waals surface area contributed by atoms with Gasteiger partial charge in [-0.15, -0.1) is 0 Å². The third-order valence-electron chi connectivity index (χ3n) is 4.98. The quantitative estimate of drug-likeness (QED) is 0.388. The average Bonchev–Trinajstić information content (AvgIpc) is 2.70. The lowest BCUT2D eigenvalue weighted by Crippen LogP contribution is -1.94. The van der Waals surface area contributed by atoms with Gasteiger partial charge in [-0.1, -0.05) is 99.0 Å². The van der Waals surface area contributed by atoms with Crippen LogP contribution >= 0.6 is 11.6 Å². The number of aryl methyl sites for hydroxylation is 2. The molecule has 0 heterocycles. The maximum absolute atomic E-state index is 14.6. The average molecular weight is 381 g/mol. The fraction of sp³-hybridized carbons (Fsp3) is 0.280. The highest BCUT2D eigenvalue weighted by molar-refractivity contribution is 6.33. The molecule has 0 saturated carbocycles. The molecule has 0 aromatic heterocycles. The molecule has 27 heavy (non-hydrogen) atoms. The lowest BCUT2D eigenvalue weighted by atomic mass is 9.97. The Balaban J connectivity index is 1.84. The number of hydrogen-bond donors (Lipinski definition) is 0. The van der Waals surface area contributed by atoms with E-state index >= 15 is 0 Å². The highest BCUT2D eigenvalue weighted by atomic mass is 35.5. The van der Waals surface area contributed by atoms with Gasteiger partial charge in [-0.2, -0.15) is 0 Å². The number of hydrogen-bond acceptors (Lipinski definition) is 0. The first-order valence-electron chi connectivity index (χ1n) is 9.80. The second-order valence-corrected chi connectivity index (χ2v) is 7.41. The Bertz CT molecular complexity index is 879. The topological polar surface area (TPSA) is 0 Å². The molecule has 0 nitrogen and oxygen atoms in total. The van der Waals surface area contributed by atoms with Crippen LogP contribution in [0.25, 0.3) is 22.3 Å². The van der Waals surface area contributed by atoms with Crippen LogP contribution in [0.15, 0.2) is 60.7 Å². The number of benzene rings is 3. The van der Waals surface area contributed by atoms with Gasteiger partial charge in [0.25, 0.3) is 0 Å². The van der Waals surface area contributed by atoms with E-state index < -0.39 is 0 Å². The lowest BCUT2D eigenvalue weighted by Gasteiger charge is -2.11. The fourth-order valence-electron chi connectivity index (χ4n) is 3.37. The molecular weight excluding hydrogens is 355 g/mol. The molecule has 0 spiro atoms. The first kappa shape index (κ1) is 19.6. The van der Waals surface area contributed by atoms with Gasteiger partial charge in [0.2, 0.25) is 0 Å². The normalized spacial score (nSPS) is 11.0. The molecule has 0 bridgehead atoms. The Labute approximate surface area is 167 Å². The van der Waals surface area contributed by atoms with Crippen molar-refractivity contribution in [2.75, 3.05) is 0 Å². The van der Waals surface area contributed by atoms with E-state index in [-0.39, 0.29) is 10.8 Å². The zero-order chi connectivity index (χ0) is 19.2. The van der Waals surface area contributed by atoms with E-state index in [1.54, 1.807) is 0 Å². The molecule has 3 aromatic rings. The largest absolute Gasteiger partial charge is 0.205 e. The van der Waals surface area contributed by atoms with E-state index in [0.29, 0.717) is 5.56 Å². The van der Waals surface area contributed by atoms with E-state index in [2.05, 4.69) is 50.2 Å². The van der Waals surface area contributed by atoms with Crippen molar-refractivity contribution in [2.24, 2.45) is 0 Å². The van der Waals surface area contributed by atoms with Crippen LogP contribution in [0.5, 0.6) is 0 Å². The van der Waals surface area contributed by atoms with Crippen molar-refractivity contribution in [3.63, 3.8) is 0 Å². The van der Waals surface area contributed by atoms with Crippen LogP contribution in [-0.2, 0) is 12.8 Å². The van der Waals surface area contributed by atoms with Crippen LogP contribution in [-0.4, -0.2) is 0 Å². The summed E-state index contributed by atoms with van der Waals surface area (Å²) in [6, 6.07) is 20.7. The first-order valence-corrected chi connectivity index (χ1v) is 10.2. The van der Waals surface area contributed by atoms with Crippen molar-refractivity contribution >= 4 is 11.6 Å². The third-order valence-corrected chi connectivity index (χ3v) is 5.35. The Morgan fingerprint density at radius 3 is 1.89 bits per heavy atom. The zero-order valence-electron chi connectivity index (χ0n) is 16.1. The molecule has 2 heteroatoms. The SMILES string of the molecule is CCCCc1ccc(-c2ccc(-c3ccc(CCC)cc3)cc2)c(Cl)c1F. The van der Waals surface area contributed by atoms with Gasteiger partial charge in [-0.25, -0.2) is 4.39 Å². The minimum atomic E-state index is -0.279. The monoisotopic (exact) mass is 380 g/mol. The van der Waals surface area contributed by atoms with Gasteiger partial charge in [-0.3, -0.25) is 0 Å². The highest BCUT2D eigenvalue weighted by Gasteiger charge is 2.13. The van der Waals surface area contributed by atoms with Crippen molar-refractivity contribution < 1.29 is 4.39 Å². The molecule has 3 aromatic carbocycles. The van der Waals surface area contributed by atoms with Crippen LogP contribution in [0.4, 0.5) is 4.39 Å². The maximum atomic E-state index is 14.6. The molecule has 0 aliphatic rings. The first-order chi connectivity index (χ1) is 13.1. The molecule has 0 radical (unpaired) electrons. The molecule has 0 fully saturated rings. The third kappa shape index (κ3) is 4.59. The predicted octanol–water partition coefficient (Wildman–Crippen LogP) is 8.11. The lowest BCUT2D eigenvalue weighted by molar-refractivity contribution is 0.604. The van der Waals surface area contributed by atoms with Crippen LogP contribution in [0.1, 0.15) is 44.2 Å². The number of unbranched alkanes of at least 4 members (excludes halogenated alkanes) is 1. The molecule has 140 valence electrons. The standard InChI is InChI=1S/C25H26ClF/c1-3-5-7-22-16-17-23(24(26)25(22)27)21-14-12-20(13-15-21)19-10-8-18(6-4-2)9-11-19/h8-17H,3-7H2,1-2H3. The van der Waals surface area contributed by atoms with Gasteiger partial charge in [0.15, 0.2) is 0 Å². The van der Waals surface area contributed by atoms with Crippen LogP contribution in [0.2, 0.25) is 5.02 Å². The van der Waals surface area contributed by atoms with Crippen molar-refractivity contribution in [3.05, 3.63) is 82.6 Å². The molecule has 0 unspecified atom stereocenters. The Kier molecular flexibility index (Phi) is 6.68. The molecule has 0 aliphatic heterocycles. The number of rotatable bonds is 7. The van der Waals surface area contributed by atoms with E-state index in [0.717, 1.165) is 48.8 Å². The Morgan fingerprint density at radius 2 is 1.30 bits per heavy atom. The number of halogens is 2. The summed E-state index contributed by atoms with van der Waals surface area (Å²) in [6.07, 6.45) is 5.01. The van der Waals surface area contributed by atoms with Crippen LogP contribution in [0.3, 0.4) is 0 Å². The predicted molar refractivity (Wildman–Crippen MR) is 115 cm³/mol. The summed E-state index contributed by atoms with van der Waals surface area (Å²) in [7, 11) is 0. The molecule has 0 aliphatic carbocycles. The highest BCUT2D eigenvalue weighted by Crippen LogP contribution is 2.33. The van der Waals surface area contributed by atoms with Gasteiger partial charge in [-0.05, 0) is 47.1 Å². The van der Waals surface area contributed by atoms with Gasteiger partial charge in [0.05, 0.1) is 5.02 Å². The second kappa shape index (κ2) is 9.19. The Hall–Kier alpha value is -2.12. The molecule has 3 rings (SSSR count). The summed E-state index contributed by atoms with van der Waals surface area (Å²) < 4.78 is 14.6. The van der Waals surface area contributed by atoms with E-state index in [4.69, 9.17) is 11.6 Å². The van der Waals surface area contributed by atoms with Crippen LogP contribution < -0.4 is 0 Å². The molecule has 0 saturated heterocycles. The fourth-order valence-corrected chi connectivity index (χ4v) is 3.66. The van der Waals surface area contributed by atoms with Gasteiger partial charge in [0, 0.05) is 5.56 Å². The van der Waals surface area contributed by atoms with E-state index in [1.807, 2.05) is 24.3 Å². The second-order valence-electron chi connectivity index (χ2n) is 7.03. The molecule has 0 amide bonds. The zero-order valence-corrected chi connectivity index (χ0v) is 16.8. The summed E-state index contributed by atoms with van der Waals surface area (Å²) in [5.74, 6) is -0.279. The minimum absolute atomic E-state index is 0.222. The molecule has 0 N–H and O–H groups in total.